The van der Waals surface area contributed by atoms with Crippen molar-refractivity contribution in [2.24, 2.45) is 7.05 Å². The maximum absolute atomic E-state index is 5.82. The van der Waals surface area contributed by atoms with Crippen molar-refractivity contribution >= 4 is 39.0 Å². The van der Waals surface area contributed by atoms with Gasteiger partial charge in [-0.3, -0.25) is 4.68 Å². The van der Waals surface area contributed by atoms with Crippen molar-refractivity contribution in [2.45, 2.75) is 6.92 Å². The van der Waals surface area contributed by atoms with Gasteiger partial charge in [0.15, 0.2) is 0 Å². The van der Waals surface area contributed by atoms with Gasteiger partial charge >= 0.3 is 0 Å². The highest BCUT2D eigenvalue weighted by Gasteiger charge is 2.07. The topological polar surface area (TPSA) is 42.7 Å². The third-order valence-corrected chi connectivity index (χ3v) is 2.89. The quantitative estimate of drug-likeness (QED) is 0.925. The Hall–Kier alpha value is -1.07. The average Bonchev–Trinajstić information content (AvgIpc) is 2.50. The molecule has 0 saturated heterocycles. The lowest BCUT2D eigenvalue weighted by atomic mass is 10.4. The van der Waals surface area contributed by atoms with Gasteiger partial charge in [0.25, 0.3) is 0 Å². The van der Waals surface area contributed by atoms with Gasteiger partial charge in [-0.25, -0.2) is 4.98 Å². The summed E-state index contributed by atoms with van der Waals surface area (Å²) in [6, 6.07) is 1.79. The predicted molar refractivity (Wildman–Crippen MR) is 68.2 cm³/mol. The molecule has 0 atom stereocenters. The summed E-state index contributed by atoms with van der Waals surface area (Å²) in [4.78, 5) is 4.20. The van der Waals surface area contributed by atoms with Crippen LogP contribution in [0.3, 0.4) is 0 Å². The Balaban J connectivity index is 2.30. The first-order valence-corrected chi connectivity index (χ1v) is 5.81. The zero-order chi connectivity index (χ0) is 11.7. The van der Waals surface area contributed by atoms with Crippen LogP contribution in [0.2, 0.25) is 5.02 Å². The summed E-state index contributed by atoms with van der Waals surface area (Å²) < 4.78 is 2.57. The Morgan fingerprint density at radius 2 is 2.25 bits per heavy atom. The molecule has 2 heterocycles. The van der Waals surface area contributed by atoms with E-state index in [1.165, 1.54) is 0 Å². The number of rotatable bonds is 2. The fraction of sp³-hybridized carbons (Fsp3) is 0.200. The molecule has 0 aliphatic rings. The zero-order valence-electron chi connectivity index (χ0n) is 8.83. The van der Waals surface area contributed by atoms with Crippen molar-refractivity contribution in [2.75, 3.05) is 5.32 Å². The lowest BCUT2D eigenvalue weighted by molar-refractivity contribution is 0.756. The monoisotopic (exact) mass is 300 g/mol. The first-order chi connectivity index (χ1) is 7.56. The highest BCUT2D eigenvalue weighted by Crippen LogP contribution is 2.26. The number of pyridine rings is 1. The Bertz CT molecular complexity index is 524. The van der Waals surface area contributed by atoms with Gasteiger partial charge in [0, 0.05) is 19.4 Å². The van der Waals surface area contributed by atoms with E-state index in [-0.39, 0.29) is 0 Å². The molecule has 0 saturated carbocycles. The van der Waals surface area contributed by atoms with Gasteiger partial charge in [-0.2, -0.15) is 5.10 Å². The number of hydrogen-bond acceptors (Lipinski definition) is 3. The number of aromatic nitrogens is 3. The molecule has 84 valence electrons. The standard InChI is InChI=1S/C10H10BrClN4/c1-6-9(5-16(2)15-6)14-10-8(11)3-7(12)4-13-10/h3-5H,1-2H3,(H,13,14). The van der Waals surface area contributed by atoms with Crippen LogP contribution in [0.4, 0.5) is 11.5 Å². The molecule has 0 aliphatic carbocycles. The van der Waals surface area contributed by atoms with Crippen LogP contribution in [0, 0.1) is 6.92 Å². The van der Waals surface area contributed by atoms with Gasteiger partial charge in [-0.05, 0) is 28.9 Å². The fourth-order valence-electron chi connectivity index (χ4n) is 1.36. The molecular formula is C10H10BrClN4. The summed E-state index contributed by atoms with van der Waals surface area (Å²) >= 11 is 9.22. The SMILES string of the molecule is Cc1nn(C)cc1Nc1ncc(Cl)cc1Br. The number of halogens is 2. The van der Waals surface area contributed by atoms with Crippen molar-refractivity contribution in [1.82, 2.24) is 14.8 Å². The summed E-state index contributed by atoms with van der Waals surface area (Å²) in [6.45, 7) is 1.94. The number of aryl methyl sites for hydroxylation is 2. The predicted octanol–water partition coefficient (Wildman–Crippen LogP) is 3.28. The van der Waals surface area contributed by atoms with Crippen LogP contribution in [-0.2, 0) is 7.05 Å². The molecule has 0 amide bonds. The van der Waals surface area contributed by atoms with E-state index in [0.717, 1.165) is 21.7 Å². The first-order valence-electron chi connectivity index (χ1n) is 4.64. The van der Waals surface area contributed by atoms with Crippen LogP contribution in [0.1, 0.15) is 5.69 Å². The largest absolute Gasteiger partial charge is 0.337 e. The molecular weight excluding hydrogens is 291 g/mol. The normalized spacial score (nSPS) is 10.5. The van der Waals surface area contributed by atoms with E-state index in [1.54, 1.807) is 16.9 Å². The van der Waals surface area contributed by atoms with E-state index in [9.17, 15) is 0 Å². The zero-order valence-corrected chi connectivity index (χ0v) is 11.2. The minimum Gasteiger partial charge on any atom is -0.337 e. The van der Waals surface area contributed by atoms with Crippen molar-refractivity contribution in [1.29, 1.82) is 0 Å². The van der Waals surface area contributed by atoms with Gasteiger partial charge in [0.2, 0.25) is 0 Å². The van der Waals surface area contributed by atoms with Gasteiger partial charge in [-0.1, -0.05) is 11.6 Å². The van der Waals surface area contributed by atoms with E-state index in [2.05, 4.69) is 31.3 Å². The molecule has 16 heavy (non-hydrogen) atoms. The van der Waals surface area contributed by atoms with Crippen LogP contribution in [0.5, 0.6) is 0 Å². The van der Waals surface area contributed by atoms with Crippen LogP contribution in [0.15, 0.2) is 22.9 Å². The molecule has 6 heteroatoms. The molecule has 2 aromatic heterocycles. The second-order valence-electron chi connectivity index (χ2n) is 3.41. The lowest BCUT2D eigenvalue weighted by Crippen LogP contribution is -1.94. The molecule has 0 spiro atoms. The number of nitrogens with zero attached hydrogens (tertiary/aromatic N) is 3. The molecule has 2 rings (SSSR count). The van der Waals surface area contributed by atoms with E-state index in [0.29, 0.717) is 5.02 Å². The van der Waals surface area contributed by atoms with Crippen molar-refractivity contribution < 1.29 is 0 Å². The number of anilines is 2. The molecule has 0 aromatic carbocycles. The number of hydrogen-bond donors (Lipinski definition) is 1. The van der Waals surface area contributed by atoms with Crippen molar-refractivity contribution in [3.63, 3.8) is 0 Å². The highest BCUT2D eigenvalue weighted by molar-refractivity contribution is 9.10. The second kappa shape index (κ2) is 4.43. The van der Waals surface area contributed by atoms with Gasteiger partial charge in [-0.15, -0.1) is 0 Å². The molecule has 0 unspecified atom stereocenters. The van der Waals surface area contributed by atoms with Crippen molar-refractivity contribution in [3.8, 4) is 0 Å². The Kier molecular flexibility index (Phi) is 3.16. The fourth-order valence-corrected chi connectivity index (χ4v) is 2.09. The van der Waals surface area contributed by atoms with Gasteiger partial charge < -0.3 is 5.32 Å². The van der Waals surface area contributed by atoms with Crippen LogP contribution in [0.25, 0.3) is 0 Å². The molecule has 0 aliphatic heterocycles. The average molecular weight is 302 g/mol. The Morgan fingerprint density at radius 3 is 2.81 bits per heavy atom. The third-order valence-electron chi connectivity index (χ3n) is 2.07. The summed E-state index contributed by atoms with van der Waals surface area (Å²) in [6.07, 6.45) is 3.50. The smallest absolute Gasteiger partial charge is 0.144 e. The van der Waals surface area contributed by atoms with Gasteiger partial charge in [0.05, 0.1) is 20.9 Å². The molecule has 2 aromatic rings. The van der Waals surface area contributed by atoms with Gasteiger partial charge in [0.1, 0.15) is 5.82 Å². The molecule has 1 N–H and O–H groups in total. The van der Waals surface area contributed by atoms with E-state index in [4.69, 9.17) is 11.6 Å². The summed E-state index contributed by atoms with van der Waals surface area (Å²) in [7, 11) is 1.88. The Labute approximate surface area is 107 Å². The molecule has 0 radical (unpaired) electrons. The van der Waals surface area contributed by atoms with Crippen LogP contribution < -0.4 is 5.32 Å². The third kappa shape index (κ3) is 2.36. The summed E-state index contributed by atoms with van der Waals surface area (Å²) in [5.74, 6) is 0.723. The van der Waals surface area contributed by atoms with Crippen LogP contribution in [-0.4, -0.2) is 14.8 Å². The molecule has 4 nitrogen and oxygen atoms in total. The van der Waals surface area contributed by atoms with E-state index < -0.39 is 0 Å². The van der Waals surface area contributed by atoms with E-state index >= 15 is 0 Å². The number of nitrogens with one attached hydrogen (secondary N) is 1. The van der Waals surface area contributed by atoms with Crippen molar-refractivity contribution in [3.05, 3.63) is 33.6 Å². The molecule has 0 fully saturated rings. The highest BCUT2D eigenvalue weighted by atomic mass is 79.9. The summed E-state index contributed by atoms with van der Waals surface area (Å²) in [5.41, 5.74) is 1.85. The first kappa shape index (κ1) is 11.4. The maximum Gasteiger partial charge on any atom is 0.144 e. The van der Waals surface area contributed by atoms with Crippen LogP contribution >= 0.6 is 27.5 Å². The lowest BCUT2D eigenvalue weighted by Gasteiger charge is -2.05. The summed E-state index contributed by atoms with van der Waals surface area (Å²) in [5, 5.41) is 8.03. The maximum atomic E-state index is 5.82. The molecule has 0 bridgehead atoms. The Morgan fingerprint density at radius 1 is 1.50 bits per heavy atom. The van der Waals surface area contributed by atoms with E-state index in [1.807, 2.05) is 20.2 Å². The minimum atomic E-state index is 0.598. The minimum absolute atomic E-state index is 0.598. The second-order valence-corrected chi connectivity index (χ2v) is 4.70.